The molecule has 7 nitrogen and oxygen atoms in total. The van der Waals surface area contributed by atoms with E-state index in [1.165, 1.54) is 0 Å². The number of aryl methyl sites for hydroxylation is 1. The van der Waals surface area contributed by atoms with E-state index in [2.05, 4.69) is 56.9 Å². The molecule has 8 heteroatoms. The number of hydrogen-bond donors (Lipinski definition) is 1. The quantitative estimate of drug-likeness (QED) is 0.130. The van der Waals surface area contributed by atoms with Crippen LogP contribution in [-0.2, 0) is 21.4 Å². The zero-order valence-corrected chi connectivity index (χ0v) is 25.2. The van der Waals surface area contributed by atoms with Gasteiger partial charge >= 0.3 is 212 Å². The number of nitrogens with one attached hydrogen (secondary N) is 1. The molecule has 1 N–H and O–H groups in total. The van der Waals surface area contributed by atoms with Gasteiger partial charge in [-0.3, -0.25) is 0 Å². The Hall–Kier alpha value is -2.96. The van der Waals surface area contributed by atoms with Crippen LogP contribution in [0.15, 0.2) is 48.5 Å². The Morgan fingerprint density at radius 1 is 1.08 bits per heavy atom. The van der Waals surface area contributed by atoms with E-state index < -0.39 is 5.60 Å². The van der Waals surface area contributed by atoms with Crippen molar-refractivity contribution in [1.82, 2.24) is 9.97 Å². The Kier molecular flexibility index (Phi) is 9.55. The molecule has 3 rings (SSSR count). The minimum atomic E-state index is -0.537. The monoisotopic (exact) mass is 585 g/mol. The van der Waals surface area contributed by atoms with Crippen LogP contribution in [0.2, 0.25) is 5.32 Å². The summed E-state index contributed by atoms with van der Waals surface area (Å²) < 4.78 is 6.39. The van der Waals surface area contributed by atoms with E-state index in [0.29, 0.717) is 6.42 Å². The average Bonchev–Trinajstić information content (AvgIpc) is 3.20. The number of ether oxygens (including phenoxy) is 1. The number of aromatic amines is 1. The summed E-state index contributed by atoms with van der Waals surface area (Å²) in [6, 6.07) is 15.3. The van der Waals surface area contributed by atoms with Gasteiger partial charge in [-0.25, -0.2) is 0 Å². The van der Waals surface area contributed by atoms with Gasteiger partial charge in [0.2, 0.25) is 0 Å². The van der Waals surface area contributed by atoms with E-state index in [0.717, 1.165) is 51.0 Å². The Morgan fingerprint density at radius 2 is 1.74 bits per heavy atom. The summed E-state index contributed by atoms with van der Waals surface area (Å²) in [4.78, 5) is 32.0. The van der Waals surface area contributed by atoms with Gasteiger partial charge in [-0.1, -0.05) is 20.8 Å². The van der Waals surface area contributed by atoms with E-state index in [4.69, 9.17) is 9.72 Å². The number of benzene rings is 2. The minimum absolute atomic E-state index is 0.0324. The van der Waals surface area contributed by atoms with Crippen LogP contribution in [0.3, 0.4) is 0 Å². The molecule has 0 aliphatic heterocycles. The molecule has 0 spiro atoms. The molecule has 204 valence electrons. The zero-order valence-electron chi connectivity index (χ0n) is 23.5. The number of para-hydroxylation sites is 1. The molecule has 1 aromatic heterocycles. The Balaban J connectivity index is 1.72. The molecule has 0 radical (unpaired) electrons. The van der Waals surface area contributed by atoms with Crippen molar-refractivity contribution in [3.05, 3.63) is 75.6 Å². The van der Waals surface area contributed by atoms with Gasteiger partial charge in [0.25, 0.3) is 0 Å². The van der Waals surface area contributed by atoms with Gasteiger partial charge in [0.1, 0.15) is 0 Å². The maximum atomic E-state index is 12.7. The minimum Gasteiger partial charge on any atom is -0.0545 e. The molecule has 0 bridgehead atoms. The predicted molar refractivity (Wildman–Crippen MR) is 153 cm³/mol. The normalized spacial score (nSPS) is 12.8. The molecule has 1 atom stereocenters. The number of carbonyl (C=O) groups excluding carboxylic acids is 1. The van der Waals surface area contributed by atoms with Crippen molar-refractivity contribution in [2.24, 2.45) is 5.92 Å². The van der Waals surface area contributed by atoms with Crippen LogP contribution in [0, 0.1) is 23.0 Å². The molecule has 2 aromatic carbocycles. The third kappa shape index (κ3) is 8.53. The third-order valence-electron chi connectivity index (χ3n) is 6.07. The molecule has 0 aliphatic rings. The van der Waals surface area contributed by atoms with Crippen LogP contribution in [0.25, 0.3) is 11.4 Å². The molecule has 0 saturated carbocycles. The van der Waals surface area contributed by atoms with E-state index in [1.54, 1.807) is 12.1 Å². The van der Waals surface area contributed by atoms with Crippen LogP contribution < -0.4 is 4.46 Å². The first-order valence-corrected chi connectivity index (χ1v) is 15.0. The Morgan fingerprint density at radius 3 is 2.32 bits per heavy atom. The summed E-state index contributed by atoms with van der Waals surface area (Å²) in [5.41, 5.74) is 3.91. The van der Waals surface area contributed by atoms with E-state index in [-0.39, 0.29) is 42.9 Å². The van der Waals surface area contributed by atoms with Crippen LogP contribution in [0.5, 0.6) is 0 Å². The van der Waals surface area contributed by atoms with Crippen molar-refractivity contribution in [2.75, 3.05) is 0 Å². The third-order valence-corrected chi connectivity index (χ3v) is 8.37. The first-order valence-electron chi connectivity index (χ1n) is 13.0. The maximum absolute atomic E-state index is 12.7. The number of H-pyrrole nitrogens is 1. The summed E-state index contributed by atoms with van der Waals surface area (Å²) in [6.07, 6.45) is 1.84. The van der Waals surface area contributed by atoms with Crippen molar-refractivity contribution in [2.45, 2.75) is 84.1 Å². The van der Waals surface area contributed by atoms with Gasteiger partial charge < -0.3 is 0 Å². The molecule has 0 saturated heterocycles. The summed E-state index contributed by atoms with van der Waals surface area (Å²) in [5.74, 6) is 0.730. The van der Waals surface area contributed by atoms with Crippen LogP contribution in [-0.4, -0.2) is 41.4 Å². The molecular formula is C30H39N3O4Se. The van der Waals surface area contributed by atoms with Crippen LogP contribution in [0.4, 0.5) is 5.69 Å². The fourth-order valence-electron chi connectivity index (χ4n) is 4.42. The molecular weight excluding hydrogens is 545 g/mol. The zero-order chi connectivity index (χ0) is 28.1. The van der Waals surface area contributed by atoms with Gasteiger partial charge in [-0.2, -0.15) is 0 Å². The summed E-state index contributed by atoms with van der Waals surface area (Å²) >= 11 is -0.0540. The number of nitro groups is 1. The first-order chi connectivity index (χ1) is 17.7. The Labute approximate surface area is 232 Å². The van der Waals surface area contributed by atoms with E-state index >= 15 is 0 Å². The van der Waals surface area contributed by atoms with Crippen molar-refractivity contribution < 1.29 is 14.5 Å². The fourth-order valence-corrected chi connectivity index (χ4v) is 6.80. The molecule has 3 aromatic rings. The van der Waals surface area contributed by atoms with Gasteiger partial charge in [0.15, 0.2) is 0 Å². The molecule has 0 fully saturated rings. The summed E-state index contributed by atoms with van der Waals surface area (Å²) in [6.45, 7) is 14.1. The first kappa shape index (κ1) is 29.6. The molecule has 0 aliphatic carbocycles. The van der Waals surface area contributed by atoms with Gasteiger partial charge in [-0.05, 0) is 0 Å². The second-order valence-electron chi connectivity index (χ2n) is 11.7. The molecule has 1 heterocycles. The predicted octanol–water partition coefficient (Wildman–Crippen LogP) is 6.32. The number of esters is 1. The van der Waals surface area contributed by atoms with Crippen molar-refractivity contribution >= 4 is 31.1 Å². The molecule has 38 heavy (non-hydrogen) atoms. The second kappa shape index (κ2) is 12.3. The number of carbonyl (C=O) groups is 1. The number of hydrogen-bond acceptors (Lipinski definition) is 5. The Bertz CT molecular complexity index is 1250. The van der Waals surface area contributed by atoms with Gasteiger partial charge in [0.05, 0.1) is 0 Å². The number of nitro benzene ring substituents is 1. The molecule has 0 unspecified atom stereocenters. The number of rotatable bonds is 10. The number of nitrogens with zero attached hydrogens (tertiary/aromatic N) is 2. The summed E-state index contributed by atoms with van der Waals surface area (Å²) in [5, 5.41) is 12.2. The molecule has 0 amide bonds. The van der Waals surface area contributed by atoms with Crippen molar-refractivity contribution in [3.63, 3.8) is 0 Å². The van der Waals surface area contributed by atoms with Crippen LogP contribution in [0.1, 0.15) is 71.3 Å². The second-order valence-corrected chi connectivity index (χ2v) is 14.1. The smallest absolute Gasteiger partial charge is 0.0545 e. The average molecular weight is 585 g/mol. The number of aromatic nitrogens is 2. The van der Waals surface area contributed by atoms with E-state index in [9.17, 15) is 14.9 Å². The standard InChI is InChI=1S/C30H39N3O4Se/c1-20-27(29(2,3)4)32-28(31-20)23-14-12-21(13-15-23)18-22(19-26(34)37-30(5,6)7)16-17-38-25-11-9-8-10-24(25)33(35)36/h8-15,22H,16-19H2,1-7H3,(H,31,32)/t22-/m1/s1. The summed E-state index contributed by atoms with van der Waals surface area (Å²) in [7, 11) is 0. The van der Waals surface area contributed by atoms with Crippen LogP contribution >= 0.6 is 0 Å². The topological polar surface area (TPSA) is 98.1 Å². The fraction of sp³-hybridized carbons (Fsp3) is 0.467. The van der Waals surface area contributed by atoms with E-state index in [1.807, 2.05) is 32.9 Å². The van der Waals surface area contributed by atoms with Crippen molar-refractivity contribution in [1.29, 1.82) is 0 Å². The van der Waals surface area contributed by atoms with Gasteiger partial charge in [-0.15, -0.1) is 0 Å². The van der Waals surface area contributed by atoms with Gasteiger partial charge in [0, 0.05) is 0 Å². The number of imidazole rings is 1. The SMILES string of the molecule is Cc1[nH]c(-c2ccc(C[C@@H](CC[Se]c3ccccc3[N+](=O)[O-])CC(=O)OC(C)(C)C)cc2)nc1C(C)(C)C. The van der Waals surface area contributed by atoms with Crippen molar-refractivity contribution in [3.8, 4) is 11.4 Å².